The first kappa shape index (κ1) is 21.1. The highest BCUT2D eigenvalue weighted by Gasteiger charge is 2.40. The number of carbonyl (C=O) groups excluding carboxylic acids is 1. The zero-order chi connectivity index (χ0) is 22.2. The summed E-state index contributed by atoms with van der Waals surface area (Å²) in [6, 6.07) is 14.9. The lowest BCUT2D eigenvalue weighted by molar-refractivity contribution is 0.0896. The molecule has 0 bridgehead atoms. The zero-order valence-electron chi connectivity index (χ0n) is 17.4. The van der Waals surface area contributed by atoms with Crippen LogP contribution in [0, 0.1) is 25.2 Å². The van der Waals surface area contributed by atoms with E-state index in [1.165, 1.54) is 0 Å². The summed E-state index contributed by atoms with van der Waals surface area (Å²) in [4.78, 5) is 12.3. The van der Waals surface area contributed by atoms with Crippen LogP contribution in [0.15, 0.2) is 42.5 Å². The SMILES string of the molecule is Cc1nn(Cc2ccc(C(=O)NCC3(O)CC3)cc2)c(C)c1-c1ccc(C#N)c(Cl)c1. The van der Waals surface area contributed by atoms with Crippen molar-refractivity contribution < 1.29 is 9.90 Å². The first-order valence-electron chi connectivity index (χ1n) is 10.1. The molecule has 158 valence electrons. The van der Waals surface area contributed by atoms with Gasteiger partial charge in [-0.15, -0.1) is 0 Å². The molecule has 1 aliphatic rings. The number of benzene rings is 2. The van der Waals surface area contributed by atoms with Gasteiger partial charge in [0.1, 0.15) is 6.07 Å². The average Bonchev–Trinajstić information content (AvgIpc) is 3.42. The minimum absolute atomic E-state index is 0.182. The number of nitriles is 1. The van der Waals surface area contributed by atoms with Gasteiger partial charge in [0.15, 0.2) is 0 Å². The van der Waals surface area contributed by atoms with Crippen LogP contribution in [0.5, 0.6) is 0 Å². The summed E-state index contributed by atoms with van der Waals surface area (Å²) in [5.41, 5.74) is 5.13. The lowest BCUT2D eigenvalue weighted by Crippen LogP contribution is -2.33. The van der Waals surface area contributed by atoms with E-state index in [2.05, 4.69) is 16.5 Å². The van der Waals surface area contributed by atoms with Crippen molar-refractivity contribution in [2.45, 2.75) is 38.8 Å². The number of carbonyl (C=O) groups is 1. The third-order valence-electron chi connectivity index (χ3n) is 5.71. The van der Waals surface area contributed by atoms with Crippen molar-refractivity contribution in [3.8, 4) is 17.2 Å². The molecule has 6 nitrogen and oxygen atoms in total. The third-order valence-corrected chi connectivity index (χ3v) is 6.03. The van der Waals surface area contributed by atoms with E-state index < -0.39 is 5.60 Å². The van der Waals surface area contributed by atoms with Gasteiger partial charge < -0.3 is 10.4 Å². The van der Waals surface area contributed by atoms with Gasteiger partial charge in [0.05, 0.1) is 28.4 Å². The maximum Gasteiger partial charge on any atom is 0.251 e. The molecule has 0 aliphatic heterocycles. The van der Waals surface area contributed by atoms with Crippen molar-refractivity contribution in [3.63, 3.8) is 0 Å². The number of hydrogen-bond donors (Lipinski definition) is 2. The Morgan fingerprint density at radius 2 is 1.97 bits per heavy atom. The summed E-state index contributed by atoms with van der Waals surface area (Å²) < 4.78 is 1.93. The Kier molecular flexibility index (Phi) is 5.57. The van der Waals surface area contributed by atoms with Crippen LogP contribution < -0.4 is 5.32 Å². The molecule has 1 aromatic heterocycles. The summed E-state index contributed by atoms with van der Waals surface area (Å²) in [5.74, 6) is -0.182. The van der Waals surface area contributed by atoms with E-state index in [1.807, 2.05) is 36.7 Å². The molecule has 31 heavy (non-hydrogen) atoms. The number of aryl methyl sites for hydroxylation is 1. The van der Waals surface area contributed by atoms with Gasteiger partial charge in [-0.1, -0.05) is 29.8 Å². The number of amides is 1. The maximum absolute atomic E-state index is 12.3. The second-order valence-corrected chi connectivity index (χ2v) is 8.52. The second kappa shape index (κ2) is 8.18. The standard InChI is InChI=1S/C24H23ClN4O2/c1-15-22(19-7-8-20(12-26)21(25)11-19)16(2)29(28-15)13-17-3-5-18(6-4-17)23(30)27-14-24(31)9-10-24/h3-8,11,31H,9-10,13-14H2,1-2H3,(H,27,30). The van der Waals surface area contributed by atoms with Crippen molar-refractivity contribution in [1.82, 2.24) is 15.1 Å². The fourth-order valence-electron chi connectivity index (χ4n) is 3.63. The molecule has 3 aromatic rings. The molecule has 0 unspecified atom stereocenters. The molecule has 4 rings (SSSR count). The van der Waals surface area contributed by atoms with E-state index in [4.69, 9.17) is 16.9 Å². The Morgan fingerprint density at radius 3 is 2.58 bits per heavy atom. The minimum atomic E-state index is -0.706. The van der Waals surface area contributed by atoms with Gasteiger partial charge in [0.2, 0.25) is 0 Å². The Morgan fingerprint density at radius 1 is 1.26 bits per heavy atom. The predicted octanol–water partition coefficient (Wildman–Crippen LogP) is 4.00. The molecular formula is C24H23ClN4O2. The van der Waals surface area contributed by atoms with Gasteiger partial charge in [-0.3, -0.25) is 9.48 Å². The topological polar surface area (TPSA) is 90.9 Å². The maximum atomic E-state index is 12.3. The number of hydrogen-bond acceptors (Lipinski definition) is 4. The summed E-state index contributed by atoms with van der Waals surface area (Å²) >= 11 is 6.22. The van der Waals surface area contributed by atoms with Crippen LogP contribution in [0.1, 0.15) is 45.7 Å². The molecule has 7 heteroatoms. The van der Waals surface area contributed by atoms with Gasteiger partial charge in [0.25, 0.3) is 5.91 Å². The molecule has 0 atom stereocenters. The number of nitrogens with zero attached hydrogens (tertiary/aromatic N) is 3. The first-order chi connectivity index (χ1) is 14.8. The van der Waals surface area contributed by atoms with E-state index in [0.717, 1.165) is 40.9 Å². The zero-order valence-corrected chi connectivity index (χ0v) is 18.2. The number of aliphatic hydroxyl groups is 1. The largest absolute Gasteiger partial charge is 0.388 e. The highest BCUT2D eigenvalue weighted by molar-refractivity contribution is 6.32. The molecule has 0 saturated heterocycles. The Bertz CT molecular complexity index is 1190. The lowest BCUT2D eigenvalue weighted by Gasteiger charge is -2.10. The summed E-state index contributed by atoms with van der Waals surface area (Å²) in [7, 11) is 0. The summed E-state index contributed by atoms with van der Waals surface area (Å²) in [6.45, 7) is 4.82. The fraction of sp³-hybridized carbons (Fsp3) is 0.292. The molecule has 1 aliphatic carbocycles. The molecule has 1 saturated carbocycles. The van der Waals surface area contributed by atoms with Crippen LogP contribution in [0.2, 0.25) is 5.02 Å². The van der Waals surface area contributed by atoms with Crippen LogP contribution in [0.4, 0.5) is 0 Å². The van der Waals surface area contributed by atoms with Gasteiger partial charge in [-0.2, -0.15) is 10.4 Å². The third kappa shape index (κ3) is 4.48. The van der Waals surface area contributed by atoms with Gasteiger partial charge in [-0.05, 0) is 62.1 Å². The normalized spacial score (nSPS) is 14.2. The van der Waals surface area contributed by atoms with Crippen molar-refractivity contribution in [1.29, 1.82) is 5.26 Å². The Balaban J connectivity index is 1.50. The van der Waals surface area contributed by atoms with Crippen LogP contribution >= 0.6 is 11.6 Å². The highest BCUT2D eigenvalue weighted by Crippen LogP contribution is 2.34. The first-order valence-corrected chi connectivity index (χ1v) is 10.5. The molecule has 0 radical (unpaired) electrons. The van der Waals surface area contributed by atoms with E-state index in [0.29, 0.717) is 29.2 Å². The second-order valence-electron chi connectivity index (χ2n) is 8.11. The summed E-state index contributed by atoms with van der Waals surface area (Å²) in [6.07, 6.45) is 1.48. The molecule has 0 spiro atoms. The quantitative estimate of drug-likeness (QED) is 0.613. The predicted molar refractivity (Wildman–Crippen MR) is 119 cm³/mol. The van der Waals surface area contributed by atoms with E-state index in [1.54, 1.807) is 24.3 Å². The number of rotatable bonds is 6. The Hall–Kier alpha value is -3.14. The number of aromatic nitrogens is 2. The number of nitrogens with one attached hydrogen (secondary N) is 1. The molecule has 1 heterocycles. The van der Waals surface area contributed by atoms with E-state index in [9.17, 15) is 9.90 Å². The summed E-state index contributed by atoms with van der Waals surface area (Å²) in [5, 5.41) is 26.8. The fourth-order valence-corrected chi connectivity index (χ4v) is 3.86. The van der Waals surface area contributed by atoms with Crippen LogP contribution in [0.25, 0.3) is 11.1 Å². The van der Waals surface area contributed by atoms with Crippen molar-refractivity contribution in [2.24, 2.45) is 0 Å². The molecule has 2 aromatic carbocycles. The molecule has 2 N–H and O–H groups in total. The Labute approximate surface area is 186 Å². The average molecular weight is 435 g/mol. The van der Waals surface area contributed by atoms with Gasteiger partial charge in [0, 0.05) is 23.4 Å². The van der Waals surface area contributed by atoms with E-state index in [-0.39, 0.29) is 5.91 Å². The smallest absolute Gasteiger partial charge is 0.251 e. The van der Waals surface area contributed by atoms with Crippen molar-refractivity contribution >= 4 is 17.5 Å². The van der Waals surface area contributed by atoms with Crippen LogP contribution in [-0.2, 0) is 6.54 Å². The van der Waals surface area contributed by atoms with Crippen molar-refractivity contribution in [3.05, 3.63) is 75.6 Å². The van der Waals surface area contributed by atoms with Crippen LogP contribution in [-0.4, -0.2) is 32.9 Å². The van der Waals surface area contributed by atoms with Gasteiger partial charge in [-0.25, -0.2) is 0 Å². The molecule has 1 amide bonds. The number of halogens is 1. The highest BCUT2D eigenvalue weighted by atomic mass is 35.5. The molecular weight excluding hydrogens is 412 g/mol. The lowest BCUT2D eigenvalue weighted by atomic mass is 10.0. The van der Waals surface area contributed by atoms with E-state index >= 15 is 0 Å². The van der Waals surface area contributed by atoms with Crippen LogP contribution in [0.3, 0.4) is 0 Å². The monoisotopic (exact) mass is 434 g/mol. The van der Waals surface area contributed by atoms with Gasteiger partial charge >= 0.3 is 0 Å². The molecule has 1 fully saturated rings. The van der Waals surface area contributed by atoms with Crippen molar-refractivity contribution in [2.75, 3.05) is 6.54 Å². The minimum Gasteiger partial charge on any atom is -0.388 e.